The summed E-state index contributed by atoms with van der Waals surface area (Å²) in [6, 6.07) is 3.97. The average Bonchev–Trinajstić information content (AvgIpc) is 2.49. The number of nitrogens with one attached hydrogen (secondary N) is 1. The molecule has 0 radical (unpaired) electrons. The summed E-state index contributed by atoms with van der Waals surface area (Å²) < 4.78 is 40.2. The van der Waals surface area contributed by atoms with Crippen molar-refractivity contribution in [1.82, 2.24) is 10.2 Å². The fraction of sp³-hybridized carbons (Fsp3) is 0.625. The van der Waals surface area contributed by atoms with E-state index in [0.29, 0.717) is 5.56 Å². The Morgan fingerprint density at radius 3 is 2.48 bits per heavy atom. The van der Waals surface area contributed by atoms with E-state index in [1.807, 2.05) is 0 Å². The first-order chi connectivity index (χ1) is 10.4. The minimum atomic E-state index is -4.38. The van der Waals surface area contributed by atoms with E-state index in [9.17, 15) is 13.2 Å². The Bertz CT molecular complexity index is 489. The molecule has 2 rings (SSSR count). The quantitative estimate of drug-likeness (QED) is 0.791. The van der Waals surface area contributed by atoms with E-state index in [1.165, 1.54) is 0 Å². The van der Waals surface area contributed by atoms with Crippen LogP contribution in [0.4, 0.5) is 13.2 Å². The molecule has 1 saturated heterocycles. The van der Waals surface area contributed by atoms with E-state index in [-0.39, 0.29) is 23.5 Å². The van der Waals surface area contributed by atoms with Gasteiger partial charge in [-0.2, -0.15) is 13.2 Å². The summed E-state index contributed by atoms with van der Waals surface area (Å²) in [6.45, 7) is 5.24. The van der Waals surface area contributed by atoms with Crippen molar-refractivity contribution in [3.63, 3.8) is 0 Å². The molecule has 0 unspecified atom stereocenters. The third-order valence-electron chi connectivity index (χ3n) is 4.10. The summed E-state index contributed by atoms with van der Waals surface area (Å²) >= 11 is 5.79. The SMILES string of the molecule is CCCC[C@H](c1ccc(Cl)cc1C(F)(F)F)N1CCNCC1.Cl. The van der Waals surface area contributed by atoms with Gasteiger partial charge in [0.25, 0.3) is 0 Å². The molecule has 1 N–H and O–H groups in total. The number of unbranched alkanes of at least 4 members (excludes halogenated alkanes) is 1. The zero-order valence-corrected chi connectivity index (χ0v) is 14.7. The van der Waals surface area contributed by atoms with E-state index in [4.69, 9.17) is 11.6 Å². The second kappa shape index (κ2) is 9.11. The summed E-state index contributed by atoms with van der Waals surface area (Å²) in [5.74, 6) is 0. The van der Waals surface area contributed by atoms with Gasteiger partial charge in [-0.15, -0.1) is 12.4 Å². The zero-order chi connectivity index (χ0) is 16.2. The predicted octanol–water partition coefficient (Wildman–Crippen LogP) is 4.92. The lowest BCUT2D eigenvalue weighted by Gasteiger charge is -2.36. The molecule has 1 heterocycles. The van der Waals surface area contributed by atoms with Crippen LogP contribution < -0.4 is 5.32 Å². The lowest BCUT2D eigenvalue weighted by Crippen LogP contribution is -2.45. The van der Waals surface area contributed by atoms with E-state index >= 15 is 0 Å². The molecule has 1 fully saturated rings. The van der Waals surface area contributed by atoms with Gasteiger partial charge in [-0.3, -0.25) is 4.90 Å². The Kier molecular flexibility index (Phi) is 8.14. The molecule has 2 nitrogen and oxygen atoms in total. The molecule has 0 aliphatic carbocycles. The van der Waals surface area contributed by atoms with Crippen molar-refractivity contribution < 1.29 is 13.2 Å². The number of rotatable bonds is 5. The third-order valence-corrected chi connectivity index (χ3v) is 4.34. The molecule has 1 aliphatic heterocycles. The number of hydrogen-bond donors (Lipinski definition) is 1. The Balaban J connectivity index is 0.00000264. The van der Waals surface area contributed by atoms with Gasteiger partial charge in [0.05, 0.1) is 5.56 Å². The van der Waals surface area contributed by atoms with Gasteiger partial charge < -0.3 is 5.32 Å². The van der Waals surface area contributed by atoms with Crippen molar-refractivity contribution in [2.24, 2.45) is 0 Å². The summed E-state index contributed by atoms with van der Waals surface area (Å²) in [7, 11) is 0. The molecular weight excluding hydrogens is 348 g/mol. The highest BCUT2D eigenvalue weighted by Crippen LogP contribution is 2.39. The van der Waals surface area contributed by atoms with Gasteiger partial charge in [-0.05, 0) is 24.1 Å². The van der Waals surface area contributed by atoms with Crippen LogP contribution in [0.25, 0.3) is 0 Å². The van der Waals surface area contributed by atoms with Crippen LogP contribution in [0.1, 0.15) is 43.4 Å². The summed E-state index contributed by atoms with van der Waals surface area (Å²) in [5, 5.41) is 3.38. The lowest BCUT2D eigenvalue weighted by atomic mass is 9.94. The van der Waals surface area contributed by atoms with Gasteiger partial charge in [0.2, 0.25) is 0 Å². The standard InChI is InChI=1S/C16H22ClF3N2.ClH/c1-2-3-4-15(22-9-7-21-8-10-22)13-6-5-12(17)11-14(13)16(18,19)20;/h5-6,11,15,21H,2-4,7-10H2,1H3;1H/t15-;/m1./s1. The van der Waals surface area contributed by atoms with Crippen LogP contribution in [0.3, 0.4) is 0 Å². The summed E-state index contributed by atoms with van der Waals surface area (Å²) in [4.78, 5) is 2.16. The molecule has 1 atom stereocenters. The predicted molar refractivity (Wildman–Crippen MR) is 90.4 cm³/mol. The smallest absolute Gasteiger partial charge is 0.314 e. The number of benzene rings is 1. The Morgan fingerprint density at radius 1 is 1.26 bits per heavy atom. The minimum Gasteiger partial charge on any atom is -0.314 e. The molecule has 1 aromatic rings. The monoisotopic (exact) mass is 370 g/mol. The highest BCUT2D eigenvalue weighted by Gasteiger charge is 2.36. The molecule has 1 aromatic carbocycles. The molecule has 132 valence electrons. The Hall–Kier alpha value is -0.490. The maximum Gasteiger partial charge on any atom is 0.416 e. The van der Waals surface area contributed by atoms with Crippen molar-refractivity contribution in [3.8, 4) is 0 Å². The van der Waals surface area contributed by atoms with Crippen LogP contribution in [-0.4, -0.2) is 31.1 Å². The zero-order valence-electron chi connectivity index (χ0n) is 13.1. The van der Waals surface area contributed by atoms with Gasteiger partial charge in [-0.1, -0.05) is 37.4 Å². The molecule has 0 spiro atoms. The summed E-state index contributed by atoms with van der Waals surface area (Å²) in [6.07, 6.45) is -1.76. The number of nitrogens with zero attached hydrogens (tertiary/aromatic N) is 1. The van der Waals surface area contributed by atoms with Gasteiger partial charge in [0.1, 0.15) is 0 Å². The van der Waals surface area contributed by atoms with E-state index in [2.05, 4.69) is 17.1 Å². The fourth-order valence-corrected chi connectivity index (χ4v) is 3.16. The average molecular weight is 371 g/mol. The minimum absolute atomic E-state index is 0. The number of alkyl halides is 3. The van der Waals surface area contributed by atoms with Crippen LogP contribution in [0.5, 0.6) is 0 Å². The maximum absolute atomic E-state index is 13.4. The van der Waals surface area contributed by atoms with Gasteiger partial charge in [0, 0.05) is 37.2 Å². The van der Waals surface area contributed by atoms with Crippen molar-refractivity contribution >= 4 is 24.0 Å². The third kappa shape index (κ3) is 5.52. The largest absolute Gasteiger partial charge is 0.416 e. The van der Waals surface area contributed by atoms with Crippen LogP contribution in [0.15, 0.2) is 18.2 Å². The molecule has 1 aliphatic rings. The molecule has 0 amide bonds. The first-order valence-corrected chi connectivity index (χ1v) is 8.12. The van der Waals surface area contributed by atoms with Crippen LogP contribution in [0.2, 0.25) is 5.02 Å². The van der Waals surface area contributed by atoms with E-state index in [1.54, 1.807) is 12.1 Å². The van der Waals surface area contributed by atoms with E-state index in [0.717, 1.165) is 51.5 Å². The highest BCUT2D eigenvalue weighted by atomic mass is 35.5. The van der Waals surface area contributed by atoms with Crippen LogP contribution in [0, 0.1) is 0 Å². The topological polar surface area (TPSA) is 15.3 Å². The Morgan fingerprint density at radius 2 is 1.91 bits per heavy atom. The van der Waals surface area contributed by atoms with Gasteiger partial charge >= 0.3 is 6.18 Å². The molecule has 23 heavy (non-hydrogen) atoms. The van der Waals surface area contributed by atoms with Crippen LogP contribution >= 0.6 is 24.0 Å². The van der Waals surface area contributed by atoms with Crippen LogP contribution in [-0.2, 0) is 6.18 Å². The molecule has 0 bridgehead atoms. The first-order valence-electron chi connectivity index (χ1n) is 7.75. The first kappa shape index (κ1) is 20.6. The van der Waals surface area contributed by atoms with Crippen molar-refractivity contribution in [3.05, 3.63) is 34.3 Å². The van der Waals surface area contributed by atoms with E-state index < -0.39 is 11.7 Å². The summed E-state index contributed by atoms with van der Waals surface area (Å²) in [5.41, 5.74) is -0.244. The Labute approximate surface area is 146 Å². The molecule has 0 aromatic heterocycles. The van der Waals surface area contributed by atoms with Crippen molar-refractivity contribution in [1.29, 1.82) is 0 Å². The number of hydrogen-bond acceptors (Lipinski definition) is 2. The van der Waals surface area contributed by atoms with Gasteiger partial charge in [-0.25, -0.2) is 0 Å². The maximum atomic E-state index is 13.4. The van der Waals surface area contributed by atoms with Gasteiger partial charge in [0.15, 0.2) is 0 Å². The highest BCUT2D eigenvalue weighted by molar-refractivity contribution is 6.30. The normalized spacial score (nSPS) is 17.6. The molecular formula is C16H23Cl2F3N2. The lowest BCUT2D eigenvalue weighted by molar-refractivity contribution is -0.138. The molecule has 7 heteroatoms. The second-order valence-corrected chi connectivity index (χ2v) is 6.11. The second-order valence-electron chi connectivity index (χ2n) is 5.67. The van der Waals surface area contributed by atoms with Crippen molar-refractivity contribution in [2.75, 3.05) is 26.2 Å². The number of piperazine rings is 1. The number of halogens is 5. The van der Waals surface area contributed by atoms with Crippen molar-refractivity contribution in [2.45, 2.75) is 38.4 Å². The molecule has 0 saturated carbocycles. The fourth-order valence-electron chi connectivity index (χ4n) is 2.99.